The largest absolute Gasteiger partial charge is 0.444 e. The van der Waals surface area contributed by atoms with E-state index in [1.54, 1.807) is 0 Å². The highest BCUT2D eigenvalue weighted by molar-refractivity contribution is 5.67. The molecule has 1 aliphatic rings. The quantitative estimate of drug-likeness (QED) is 0.689. The first kappa shape index (κ1) is 13.3. The van der Waals surface area contributed by atoms with Crippen LogP contribution in [0, 0.1) is 0 Å². The fourth-order valence-electron chi connectivity index (χ4n) is 1.26. The standard InChI is InChI=1S/C11H22N2O3/c1-11(2,3)16-10(14)13-6-7-15-8-9-4-5-12-9/h9,12H,4-8H2,1-3H3,(H,13,14). The van der Waals surface area contributed by atoms with Crippen molar-refractivity contribution < 1.29 is 14.3 Å². The highest BCUT2D eigenvalue weighted by atomic mass is 16.6. The van der Waals surface area contributed by atoms with E-state index in [1.165, 1.54) is 6.42 Å². The van der Waals surface area contributed by atoms with E-state index in [0.29, 0.717) is 19.2 Å². The van der Waals surface area contributed by atoms with Crippen LogP contribution in [0.25, 0.3) is 0 Å². The molecule has 5 nitrogen and oxygen atoms in total. The monoisotopic (exact) mass is 230 g/mol. The van der Waals surface area contributed by atoms with Gasteiger partial charge in [-0.2, -0.15) is 0 Å². The molecule has 1 unspecified atom stereocenters. The van der Waals surface area contributed by atoms with Gasteiger partial charge in [0.2, 0.25) is 0 Å². The lowest BCUT2D eigenvalue weighted by atomic mass is 10.1. The van der Waals surface area contributed by atoms with Gasteiger partial charge >= 0.3 is 6.09 Å². The van der Waals surface area contributed by atoms with E-state index in [4.69, 9.17) is 9.47 Å². The van der Waals surface area contributed by atoms with Gasteiger partial charge in [-0.25, -0.2) is 4.79 Å². The maximum atomic E-state index is 11.2. The van der Waals surface area contributed by atoms with E-state index < -0.39 is 11.7 Å². The summed E-state index contributed by atoms with van der Waals surface area (Å²) in [6.45, 7) is 8.33. The number of amides is 1. The minimum atomic E-state index is -0.444. The van der Waals surface area contributed by atoms with Gasteiger partial charge in [0.1, 0.15) is 5.60 Å². The second kappa shape index (κ2) is 6.06. The molecule has 0 bridgehead atoms. The van der Waals surface area contributed by atoms with Gasteiger partial charge in [-0.15, -0.1) is 0 Å². The Kier molecular flexibility index (Phi) is 5.02. The highest BCUT2D eigenvalue weighted by Gasteiger charge is 2.17. The van der Waals surface area contributed by atoms with Crippen molar-refractivity contribution in [1.82, 2.24) is 10.6 Å². The van der Waals surface area contributed by atoms with Crippen LogP contribution in [0.3, 0.4) is 0 Å². The first-order valence-electron chi connectivity index (χ1n) is 5.75. The topological polar surface area (TPSA) is 59.6 Å². The zero-order valence-corrected chi connectivity index (χ0v) is 10.3. The molecule has 0 aromatic heterocycles. The smallest absolute Gasteiger partial charge is 0.407 e. The molecule has 1 heterocycles. The third-order valence-electron chi connectivity index (χ3n) is 2.16. The zero-order chi connectivity index (χ0) is 12.0. The van der Waals surface area contributed by atoms with E-state index >= 15 is 0 Å². The van der Waals surface area contributed by atoms with Crippen LogP contribution < -0.4 is 10.6 Å². The van der Waals surface area contributed by atoms with Crippen LogP contribution in [0.15, 0.2) is 0 Å². The summed E-state index contributed by atoms with van der Waals surface area (Å²) in [5.41, 5.74) is -0.444. The number of alkyl carbamates (subject to hydrolysis) is 1. The van der Waals surface area contributed by atoms with Crippen LogP contribution in [0.1, 0.15) is 27.2 Å². The van der Waals surface area contributed by atoms with Crippen molar-refractivity contribution in [3.05, 3.63) is 0 Å². The Morgan fingerprint density at radius 1 is 1.50 bits per heavy atom. The Bertz CT molecular complexity index is 222. The normalized spacial score (nSPS) is 20.1. The van der Waals surface area contributed by atoms with E-state index in [-0.39, 0.29) is 0 Å². The molecule has 1 rings (SSSR count). The first-order chi connectivity index (χ1) is 7.47. The van der Waals surface area contributed by atoms with Crippen LogP contribution in [-0.2, 0) is 9.47 Å². The minimum absolute atomic E-state index is 0.391. The molecule has 0 spiro atoms. The Morgan fingerprint density at radius 3 is 2.69 bits per heavy atom. The predicted molar refractivity (Wildman–Crippen MR) is 61.5 cm³/mol. The molecule has 0 radical (unpaired) electrons. The van der Waals surface area contributed by atoms with E-state index in [0.717, 1.165) is 13.2 Å². The summed E-state index contributed by atoms with van der Waals surface area (Å²) in [6.07, 6.45) is 0.789. The summed E-state index contributed by atoms with van der Waals surface area (Å²) in [7, 11) is 0. The van der Waals surface area contributed by atoms with Crippen molar-refractivity contribution in [3.63, 3.8) is 0 Å². The van der Waals surface area contributed by atoms with Gasteiger partial charge in [0.25, 0.3) is 0 Å². The number of hydrogen-bond donors (Lipinski definition) is 2. The number of carbonyl (C=O) groups is 1. The lowest BCUT2D eigenvalue weighted by Gasteiger charge is -2.27. The van der Waals surface area contributed by atoms with Crippen molar-refractivity contribution >= 4 is 6.09 Å². The van der Waals surface area contributed by atoms with Crippen LogP contribution in [0.5, 0.6) is 0 Å². The Labute approximate surface area is 96.9 Å². The molecule has 5 heteroatoms. The number of carbonyl (C=O) groups excluding carboxylic acids is 1. The lowest BCUT2D eigenvalue weighted by molar-refractivity contribution is 0.0482. The Morgan fingerprint density at radius 2 is 2.19 bits per heavy atom. The minimum Gasteiger partial charge on any atom is -0.444 e. The van der Waals surface area contributed by atoms with Crippen molar-refractivity contribution in [3.8, 4) is 0 Å². The molecule has 1 saturated heterocycles. The maximum Gasteiger partial charge on any atom is 0.407 e. The van der Waals surface area contributed by atoms with Crippen LogP contribution in [0.2, 0.25) is 0 Å². The van der Waals surface area contributed by atoms with E-state index in [2.05, 4.69) is 10.6 Å². The molecule has 0 aromatic rings. The molecular weight excluding hydrogens is 208 g/mol. The molecule has 0 aliphatic carbocycles. The summed E-state index contributed by atoms with van der Waals surface area (Å²) in [5, 5.41) is 5.88. The molecule has 94 valence electrons. The second-order valence-corrected chi connectivity index (χ2v) is 4.94. The molecule has 2 N–H and O–H groups in total. The second-order valence-electron chi connectivity index (χ2n) is 4.94. The molecule has 0 saturated carbocycles. The molecule has 1 aliphatic heterocycles. The third-order valence-corrected chi connectivity index (χ3v) is 2.16. The van der Waals surface area contributed by atoms with Crippen molar-refractivity contribution in [2.75, 3.05) is 26.3 Å². The maximum absolute atomic E-state index is 11.2. The van der Waals surface area contributed by atoms with Gasteiger partial charge < -0.3 is 20.1 Å². The van der Waals surface area contributed by atoms with E-state index in [1.807, 2.05) is 20.8 Å². The molecule has 1 atom stereocenters. The van der Waals surface area contributed by atoms with Gasteiger partial charge in [0.15, 0.2) is 0 Å². The van der Waals surface area contributed by atoms with Crippen molar-refractivity contribution in [1.29, 1.82) is 0 Å². The van der Waals surface area contributed by atoms with Crippen LogP contribution in [0.4, 0.5) is 4.79 Å². The van der Waals surface area contributed by atoms with Crippen molar-refractivity contribution in [2.24, 2.45) is 0 Å². The number of ether oxygens (including phenoxy) is 2. The summed E-state index contributed by atoms with van der Waals surface area (Å²) < 4.78 is 10.5. The molecule has 16 heavy (non-hydrogen) atoms. The predicted octanol–water partition coefficient (Wildman–Crippen LogP) is 0.890. The van der Waals surface area contributed by atoms with Gasteiger partial charge in [-0.05, 0) is 33.7 Å². The van der Waals surface area contributed by atoms with Gasteiger partial charge in [-0.1, -0.05) is 0 Å². The fraction of sp³-hybridized carbons (Fsp3) is 0.909. The fourth-order valence-corrected chi connectivity index (χ4v) is 1.26. The molecule has 1 amide bonds. The first-order valence-corrected chi connectivity index (χ1v) is 5.75. The molecule has 0 aromatic carbocycles. The average molecular weight is 230 g/mol. The van der Waals surface area contributed by atoms with Gasteiger partial charge in [0.05, 0.1) is 13.2 Å². The highest BCUT2D eigenvalue weighted by Crippen LogP contribution is 2.06. The summed E-state index contributed by atoms with van der Waals surface area (Å²) in [6, 6.07) is 0.501. The van der Waals surface area contributed by atoms with Crippen LogP contribution in [-0.4, -0.2) is 44.0 Å². The third kappa shape index (κ3) is 5.92. The molecule has 1 fully saturated rings. The Hall–Kier alpha value is -0.810. The van der Waals surface area contributed by atoms with E-state index in [9.17, 15) is 4.79 Å². The SMILES string of the molecule is CC(C)(C)OC(=O)NCCOCC1CCN1. The summed E-state index contributed by atoms with van der Waals surface area (Å²) in [4.78, 5) is 11.2. The van der Waals surface area contributed by atoms with Gasteiger partial charge in [0, 0.05) is 12.6 Å². The van der Waals surface area contributed by atoms with Gasteiger partial charge in [-0.3, -0.25) is 0 Å². The zero-order valence-electron chi connectivity index (χ0n) is 10.3. The Balaban J connectivity index is 1.91. The average Bonchev–Trinajstić information content (AvgIpc) is 2.04. The summed E-state index contributed by atoms with van der Waals surface area (Å²) >= 11 is 0. The number of rotatable bonds is 5. The summed E-state index contributed by atoms with van der Waals surface area (Å²) in [5.74, 6) is 0. The lowest BCUT2D eigenvalue weighted by Crippen LogP contribution is -2.46. The molecular formula is C11H22N2O3. The van der Waals surface area contributed by atoms with Crippen LogP contribution >= 0.6 is 0 Å². The number of hydrogen-bond acceptors (Lipinski definition) is 4. The van der Waals surface area contributed by atoms with Crippen molar-refractivity contribution in [2.45, 2.75) is 38.8 Å². The number of nitrogens with one attached hydrogen (secondary N) is 2.